The van der Waals surface area contributed by atoms with Crippen LogP contribution >= 0.6 is 0 Å². The van der Waals surface area contributed by atoms with Crippen molar-refractivity contribution >= 4 is 0 Å². The summed E-state index contributed by atoms with van der Waals surface area (Å²) in [5, 5.41) is 0. The maximum absolute atomic E-state index is 5.92. The highest BCUT2D eigenvalue weighted by molar-refractivity contribution is 5.44. The normalized spacial score (nSPS) is 27.1. The largest absolute Gasteiger partial charge is 0.490 e. The van der Waals surface area contributed by atoms with Crippen LogP contribution in [0.2, 0.25) is 0 Å². The van der Waals surface area contributed by atoms with Crippen molar-refractivity contribution in [2.45, 2.75) is 44.4 Å². The van der Waals surface area contributed by atoms with Gasteiger partial charge in [0.05, 0.1) is 31.5 Å². The summed E-state index contributed by atoms with van der Waals surface area (Å²) in [4.78, 5) is 0. The molecular weight excluding hydrogens is 256 g/mol. The minimum atomic E-state index is -0.0166. The number of fused-ring (bicyclic) bond motifs is 1. The molecule has 2 heterocycles. The van der Waals surface area contributed by atoms with E-state index in [0.717, 1.165) is 36.3 Å². The average molecular weight is 278 g/mol. The number of ether oxygens (including phenoxy) is 3. The van der Waals surface area contributed by atoms with Crippen molar-refractivity contribution in [2.75, 3.05) is 13.2 Å². The minimum absolute atomic E-state index is 0.0166. The van der Waals surface area contributed by atoms with Crippen LogP contribution in [-0.2, 0) is 4.74 Å². The number of hydrogen-bond donors (Lipinski definition) is 2. The Labute approximate surface area is 119 Å². The van der Waals surface area contributed by atoms with Crippen molar-refractivity contribution in [3.05, 3.63) is 23.8 Å². The maximum atomic E-state index is 5.92. The van der Waals surface area contributed by atoms with Gasteiger partial charge < -0.3 is 14.2 Å². The van der Waals surface area contributed by atoms with Crippen LogP contribution in [0.3, 0.4) is 0 Å². The van der Waals surface area contributed by atoms with Gasteiger partial charge in [-0.1, -0.05) is 6.07 Å². The second-order valence-electron chi connectivity index (χ2n) is 5.46. The number of hydrogen-bond acceptors (Lipinski definition) is 5. The Balaban J connectivity index is 1.83. The molecule has 3 N–H and O–H groups in total. The van der Waals surface area contributed by atoms with Gasteiger partial charge in [0.25, 0.3) is 0 Å². The van der Waals surface area contributed by atoms with Gasteiger partial charge in [0.15, 0.2) is 11.5 Å². The summed E-state index contributed by atoms with van der Waals surface area (Å²) in [5.74, 6) is 7.34. The number of nitrogens with two attached hydrogens (primary N) is 1. The molecule has 3 rings (SSSR count). The monoisotopic (exact) mass is 278 g/mol. The Morgan fingerprint density at radius 2 is 2.00 bits per heavy atom. The van der Waals surface area contributed by atoms with Crippen molar-refractivity contribution in [2.24, 2.45) is 5.84 Å². The fourth-order valence-electron chi connectivity index (χ4n) is 2.87. The first-order chi connectivity index (χ1) is 9.78. The Morgan fingerprint density at radius 1 is 1.20 bits per heavy atom. The van der Waals surface area contributed by atoms with Gasteiger partial charge in [-0.05, 0) is 37.5 Å². The van der Waals surface area contributed by atoms with E-state index in [1.54, 1.807) is 0 Å². The molecule has 0 aliphatic carbocycles. The first-order valence-electron chi connectivity index (χ1n) is 7.29. The molecule has 0 radical (unpaired) electrons. The van der Waals surface area contributed by atoms with Crippen molar-refractivity contribution in [1.82, 2.24) is 5.43 Å². The quantitative estimate of drug-likeness (QED) is 0.653. The van der Waals surface area contributed by atoms with E-state index >= 15 is 0 Å². The van der Waals surface area contributed by atoms with Crippen LogP contribution in [0.1, 0.15) is 37.8 Å². The molecule has 0 bridgehead atoms. The summed E-state index contributed by atoms with van der Waals surface area (Å²) >= 11 is 0. The molecule has 110 valence electrons. The number of rotatable bonds is 3. The number of benzene rings is 1. The lowest BCUT2D eigenvalue weighted by molar-refractivity contribution is 0.0315. The van der Waals surface area contributed by atoms with Crippen molar-refractivity contribution in [3.8, 4) is 11.5 Å². The molecule has 2 aliphatic heterocycles. The van der Waals surface area contributed by atoms with Crippen LogP contribution < -0.4 is 20.7 Å². The zero-order valence-corrected chi connectivity index (χ0v) is 11.8. The van der Waals surface area contributed by atoms with Gasteiger partial charge >= 0.3 is 0 Å². The number of hydrazine groups is 1. The van der Waals surface area contributed by atoms with E-state index in [1.165, 1.54) is 0 Å². The molecular formula is C15H22N2O3. The lowest BCUT2D eigenvalue weighted by Gasteiger charge is -2.24. The average Bonchev–Trinajstić information content (AvgIpc) is 2.75. The molecule has 3 unspecified atom stereocenters. The summed E-state index contributed by atoms with van der Waals surface area (Å²) in [5.41, 5.74) is 3.96. The van der Waals surface area contributed by atoms with E-state index in [1.807, 2.05) is 18.2 Å². The van der Waals surface area contributed by atoms with Crippen molar-refractivity contribution < 1.29 is 14.2 Å². The Hall–Kier alpha value is -1.30. The summed E-state index contributed by atoms with van der Waals surface area (Å²) in [6.45, 7) is 3.49. The van der Waals surface area contributed by atoms with Crippen molar-refractivity contribution in [1.29, 1.82) is 0 Å². The highest BCUT2D eigenvalue weighted by Crippen LogP contribution is 2.35. The summed E-state index contributed by atoms with van der Waals surface area (Å²) in [7, 11) is 0. The van der Waals surface area contributed by atoms with E-state index in [0.29, 0.717) is 19.3 Å². The lowest BCUT2D eigenvalue weighted by atomic mass is 9.99. The van der Waals surface area contributed by atoms with Crippen LogP contribution in [0.15, 0.2) is 18.2 Å². The smallest absolute Gasteiger partial charge is 0.161 e. The molecule has 1 fully saturated rings. The Kier molecular flexibility index (Phi) is 4.10. The van der Waals surface area contributed by atoms with E-state index in [9.17, 15) is 0 Å². The first kappa shape index (κ1) is 13.7. The van der Waals surface area contributed by atoms with E-state index in [-0.39, 0.29) is 12.1 Å². The predicted molar refractivity (Wildman–Crippen MR) is 75.7 cm³/mol. The predicted octanol–water partition coefficient (Wildman–Crippen LogP) is 1.92. The van der Waals surface area contributed by atoms with Gasteiger partial charge in [0.2, 0.25) is 0 Å². The molecule has 2 aliphatic rings. The second-order valence-corrected chi connectivity index (χ2v) is 5.46. The van der Waals surface area contributed by atoms with Crippen LogP contribution in [0, 0.1) is 0 Å². The Morgan fingerprint density at radius 3 is 2.70 bits per heavy atom. The first-order valence-corrected chi connectivity index (χ1v) is 7.29. The number of nitrogens with one attached hydrogen (secondary N) is 1. The molecule has 3 atom stereocenters. The molecule has 1 aromatic rings. The molecule has 0 spiro atoms. The van der Waals surface area contributed by atoms with Gasteiger partial charge in [0, 0.05) is 6.42 Å². The SMILES string of the molecule is CC1CCC(C(NN)c2ccc3c(c2)OCCCO3)O1. The van der Waals surface area contributed by atoms with E-state index in [2.05, 4.69) is 12.3 Å². The molecule has 5 nitrogen and oxygen atoms in total. The van der Waals surface area contributed by atoms with Gasteiger partial charge in [-0.2, -0.15) is 0 Å². The molecule has 1 aromatic carbocycles. The van der Waals surface area contributed by atoms with Gasteiger partial charge in [-0.15, -0.1) is 0 Å². The highest BCUT2D eigenvalue weighted by atomic mass is 16.5. The van der Waals surface area contributed by atoms with Crippen LogP contribution in [0.5, 0.6) is 11.5 Å². The molecule has 1 saturated heterocycles. The van der Waals surface area contributed by atoms with E-state index in [4.69, 9.17) is 20.1 Å². The topological polar surface area (TPSA) is 65.7 Å². The second kappa shape index (κ2) is 5.99. The summed E-state index contributed by atoms with van der Waals surface area (Å²) < 4.78 is 17.3. The highest BCUT2D eigenvalue weighted by Gasteiger charge is 2.30. The zero-order valence-electron chi connectivity index (χ0n) is 11.8. The molecule has 5 heteroatoms. The Bertz CT molecular complexity index is 466. The maximum Gasteiger partial charge on any atom is 0.161 e. The van der Waals surface area contributed by atoms with Crippen LogP contribution in [0.25, 0.3) is 0 Å². The third-order valence-electron chi connectivity index (χ3n) is 3.95. The van der Waals surface area contributed by atoms with Crippen LogP contribution in [0.4, 0.5) is 0 Å². The lowest BCUT2D eigenvalue weighted by Crippen LogP contribution is -2.36. The van der Waals surface area contributed by atoms with Crippen LogP contribution in [-0.4, -0.2) is 25.4 Å². The molecule has 0 aromatic heterocycles. The van der Waals surface area contributed by atoms with Crippen molar-refractivity contribution in [3.63, 3.8) is 0 Å². The fourth-order valence-corrected chi connectivity index (χ4v) is 2.87. The molecule has 0 amide bonds. The third kappa shape index (κ3) is 2.75. The zero-order chi connectivity index (χ0) is 13.9. The third-order valence-corrected chi connectivity index (χ3v) is 3.95. The fraction of sp³-hybridized carbons (Fsp3) is 0.600. The molecule has 20 heavy (non-hydrogen) atoms. The summed E-state index contributed by atoms with van der Waals surface area (Å²) in [6, 6.07) is 5.98. The van der Waals surface area contributed by atoms with Gasteiger partial charge in [0.1, 0.15) is 0 Å². The minimum Gasteiger partial charge on any atom is -0.490 e. The standard InChI is InChI=1S/C15H22N2O3/c1-10-3-5-13(20-10)15(17-16)11-4-6-12-14(9-11)19-8-2-7-18-12/h4,6,9-10,13,15,17H,2-3,5,7-8,16H2,1H3. The van der Waals surface area contributed by atoms with E-state index < -0.39 is 0 Å². The summed E-state index contributed by atoms with van der Waals surface area (Å²) in [6.07, 6.45) is 3.42. The van der Waals surface area contributed by atoms with Gasteiger partial charge in [-0.25, -0.2) is 0 Å². The van der Waals surface area contributed by atoms with Gasteiger partial charge in [-0.3, -0.25) is 11.3 Å². The molecule has 0 saturated carbocycles.